The molecule has 0 atom stereocenters. The number of hydrogen-bond acceptors (Lipinski definition) is 2. The molecule has 1 aromatic heterocycles. The minimum absolute atomic E-state index is 0.0624. The molecule has 0 radical (unpaired) electrons. The summed E-state index contributed by atoms with van der Waals surface area (Å²) in [6, 6.07) is 0. The van der Waals surface area contributed by atoms with E-state index in [1.165, 1.54) is 0 Å². The molecule has 0 saturated heterocycles. The lowest BCUT2D eigenvalue weighted by molar-refractivity contribution is 0.489. The molecule has 1 heterocycles. The van der Waals surface area contributed by atoms with E-state index in [9.17, 15) is 4.79 Å². The summed E-state index contributed by atoms with van der Waals surface area (Å²) in [5.74, 6) is 0.825. The van der Waals surface area contributed by atoms with Crippen LogP contribution >= 0.6 is 0 Å². The molecule has 90 valence electrons. The van der Waals surface area contributed by atoms with Crippen LogP contribution in [-0.2, 0) is 17.9 Å². The van der Waals surface area contributed by atoms with E-state index in [-0.39, 0.29) is 16.4 Å². The third kappa shape index (κ3) is 2.34. The summed E-state index contributed by atoms with van der Waals surface area (Å²) in [5.41, 5.74) is 0.568. The normalized spacial score (nSPS) is 12.9. The molecule has 0 amide bonds. The monoisotopic (exact) mass is 222 g/mol. The second kappa shape index (κ2) is 3.72. The second-order valence-corrected chi connectivity index (χ2v) is 6.36. The van der Waals surface area contributed by atoms with Crippen LogP contribution in [0.25, 0.3) is 0 Å². The highest BCUT2D eigenvalue weighted by Crippen LogP contribution is 2.21. The van der Waals surface area contributed by atoms with Crippen molar-refractivity contribution in [2.75, 3.05) is 0 Å². The maximum atomic E-state index is 12.2. The van der Waals surface area contributed by atoms with Gasteiger partial charge in [0.25, 0.3) is 5.56 Å². The maximum Gasteiger partial charge on any atom is 0.256 e. The lowest BCUT2D eigenvalue weighted by Gasteiger charge is -2.24. The van der Waals surface area contributed by atoms with E-state index in [4.69, 9.17) is 0 Å². The molecule has 0 aliphatic carbocycles. The van der Waals surface area contributed by atoms with Crippen LogP contribution < -0.4 is 5.56 Å². The SMILES string of the molecule is Cn1c(C(C)(C)C)ncc(C(C)(C)C)c1=O. The highest BCUT2D eigenvalue weighted by atomic mass is 16.1. The molecule has 3 nitrogen and oxygen atoms in total. The van der Waals surface area contributed by atoms with Gasteiger partial charge in [-0.05, 0) is 5.41 Å². The quantitative estimate of drug-likeness (QED) is 0.675. The third-order valence-electron chi connectivity index (χ3n) is 2.65. The van der Waals surface area contributed by atoms with E-state index < -0.39 is 0 Å². The first-order chi connectivity index (χ1) is 7.05. The van der Waals surface area contributed by atoms with Gasteiger partial charge in [-0.25, -0.2) is 4.98 Å². The molecule has 1 rings (SSSR count). The van der Waals surface area contributed by atoms with Crippen LogP contribution in [0.3, 0.4) is 0 Å². The van der Waals surface area contributed by atoms with Gasteiger partial charge in [-0.15, -0.1) is 0 Å². The zero-order valence-corrected chi connectivity index (χ0v) is 11.4. The summed E-state index contributed by atoms with van der Waals surface area (Å²) < 4.78 is 1.67. The Kier molecular flexibility index (Phi) is 3.01. The standard InChI is InChI=1S/C13H22N2O/c1-12(2,3)9-8-14-11(13(4,5)6)15(7)10(9)16/h8H,1-7H3. The van der Waals surface area contributed by atoms with Crippen LogP contribution in [0.15, 0.2) is 11.0 Å². The molecule has 0 spiro atoms. The molecule has 0 unspecified atom stereocenters. The van der Waals surface area contributed by atoms with Crippen molar-refractivity contribution in [1.29, 1.82) is 0 Å². The van der Waals surface area contributed by atoms with Gasteiger partial charge in [0.05, 0.1) is 0 Å². The van der Waals surface area contributed by atoms with Gasteiger partial charge in [-0.2, -0.15) is 0 Å². The molecule has 0 aliphatic rings. The fourth-order valence-electron chi connectivity index (χ4n) is 1.76. The Hall–Kier alpha value is -1.12. The molecule has 0 aliphatic heterocycles. The summed E-state index contributed by atoms with van der Waals surface area (Å²) in [6.45, 7) is 12.3. The Bertz CT molecular complexity index is 444. The van der Waals surface area contributed by atoms with E-state index in [2.05, 4.69) is 25.8 Å². The van der Waals surface area contributed by atoms with Crippen molar-refractivity contribution in [3.8, 4) is 0 Å². The van der Waals surface area contributed by atoms with Crippen molar-refractivity contribution in [3.63, 3.8) is 0 Å². The Labute approximate surface area is 97.5 Å². The summed E-state index contributed by atoms with van der Waals surface area (Å²) in [7, 11) is 1.80. The average Bonchev–Trinajstić information content (AvgIpc) is 2.05. The predicted octanol–water partition coefficient (Wildman–Crippen LogP) is 2.38. The highest BCUT2D eigenvalue weighted by molar-refractivity contribution is 5.18. The molecule has 0 aromatic carbocycles. The fraction of sp³-hybridized carbons (Fsp3) is 0.692. The molecule has 16 heavy (non-hydrogen) atoms. The number of rotatable bonds is 0. The van der Waals surface area contributed by atoms with Crippen molar-refractivity contribution in [2.45, 2.75) is 52.4 Å². The lowest BCUT2D eigenvalue weighted by Crippen LogP contribution is -2.35. The maximum absolute atomic E-state index is 12.2. The number of aromatic nitrogens is 2. The van der Waals surface area contributed by atoms with Gasteiger partial charge in [-0.3, -0.25) is 9.36 Å². The van der Waals surface area contributed by atoms with Crippen LogP contribution in [0.5, 0.6) is 0 Å². The Morgan fingerprint density at radius 2 is 1.56 bits per heavy atom. The molecular formula is C13H22N2O. The largest absolute Gasteiger partial charge is 0.299 e. The topological polar surface area (TPSA) is 34.9 Å². The third-order valence-corrected chi connectivity index (χ3v) is 2.65. The first kappa shape index (κ1) is 12.9. The van der Waals surface area contributed by atoms with Gasteiger partial charge < -0.3 is 0 Å². The van der Waals surface area contributed by atoms with Gasteiger partial charge in [0.15, 0.2) is 0 Å². The molecule has 1 aromatic rings. The van der Waals surface area contributed by atoms with Crippen LogP contribution in [0, 0.1) is 0 Å². The molecule has 0 bridgehead atoms. The van der Waals surface area contributed by atoms with Crippen molar-refractivity contribution in [2.24, 2.45) is 7.05 Å². The fourth-order valence-corrected chi connectivity index (χ4v) is 1.76. The highest BCUT2D eigenvalue weighted by Gasteiger charge is 2.24. The Balaban J connectivity index is 3.48. The summed E-state index contributed by atoms with van der Waals surface area (Å²) in [6.07, 6.45) is 1.73. The van der Waals surface area contributed by atoms with Crippen LogP contribution in [0.2, 0.25) is 0 Å². The predicted molar refractivity (Wildman–Crippen MR) is 66.9 cm³/mol. The summed E-state index contributed by atoms with van der Waals surface area (Å²) >= 11 is 0. The summed E-state index contributed by atoms with van der Waals surface area (Å²) in [4.78, 5) is 16.6. The zero-order chi connectivity index (χ0) is 12.7. The van der Waals surface area contributed by atoms with E-state index >= 15 is 0 Å². The van der Waals surface area contributed by atoms with Gasteiger partial charge in [0.2, 0.25) is 0 Å². The molecule has 3 heteroatoms. The van der Waals surface area contributed by atoms with Crippen LogP contribution in [-0.4, -0.2) is 9.55 Å². The Morgan fingerprint density at radius 1 is 1.06 bits per heavy atom. The van der Waals surface area contributed by atoms with Crippen molar-refractivity contribution in [1.82, 2.24) is 9.55 Å². The van der Waals surface area contributed by atoms with Crippen molar-refractivity contribution >= 4 is 0 Å². The first-order valence-corrected chi connectivity index (χ1v) is 5.62. The van der Waals surface area contributed by atoms with Crippen LogP contribution in [0.4, 0.5) is 0 Å². The van der Waals surface area contributed by atoms with E-state index in [0.29, 0.717) is 0 Å². The molecule has 0 fully saturated rings. The van der Waals surface area contributed by atoms with Gasteiger partial charge in [-0.1, -0.05) is 41.5 Å². The van der Waals surface area contributed by atoms with Gasteiger partial charge in [0.1, 0.15) is 5.82 Å². The first-order valence-electron chi connectivity index (χ1n) is 5.62. The molecular weight excluding hydrogens is 200 g/mol. The minimum Gasteiger partial charge on any atom is -0.299 e. The Morgan fingerprint density at radius 3 is 1.94 bits per heavy atom. The van der Waals surface area contributed by atoms with Crippen LogP contribution in [0.1, 0.15) is 52.9 Å². The minimum atomic E-state index is -0.155. The number of hydrogen-bond donors (Lipinski definition) is 0. The van der Waals surface area contributed by atoms with E-state index in [0.717, 1.165) is 11.4 Å². The average molecular weight is 222 g/mol. The van der Waals surface area contributed by atoms with E-state index in [1.54, 1.807) is 17.8 Å². The number of nitrogens with zero attached hydrogens (tertiary/aromatic N) is 2. The lowest BCUT2D eigenvalue weighted by atomic mass is 9.88. The molecule has 0 N–H and O–H groups in total. The molecule has 0 saturated carbocycles. The smallest absolute Gasteiger partial charge is 0.256 e. The van der Waals surface area contributed by atoms with Gasteiger partial charge in [0, 0.05) is 24.2 Å². The second-order valence-electron chi connectivity index (χ2n) is 6.36. The van der Waals surface area contributed by atoms with Crippen molar-refractivity contribution in [3.05, 3.63) is 27.9 Å². The van der Waals surface area contributed by atoms with Crippen molar-refractivity contribution < 1.29 is 0 Å². The summed E-state index contributed by atoms with van der Waals surface area (Å²) in [5, 5.41) is 0. The van der Waals surface area contributed by atoms with E-state index in [1.807, 2.05) is 20.8 Å². The van der Waals surface area contributed by atoms with Gasteiger partial charge >= 0.3 is 0 Å². The zero-order valence-electron chi connectivity index (χ0n) is 11.4.